The van der Waals surface area contributed by atoms with E-state index in [0.29, 0.717) is 6.42 Å². The van der Waals surface area contributed by atoms with Crippen LogP contribution in [0.25, 0.3) is 0 Å². The first-order valence-electron chi connectivity index (χ1n) is 4.81. The molecular formula is C10H15BrN2OS. The summed E-state index contributed by atoms with van der Waals surface area (Å²) in [6.07, 6.45) is 1.47. The van der Waals surface area contributed by atoms with Crippen LogP contribution >= 0.6 is 27.3 Å². The van der Waals surface area contributed by atoms with Gasteiger partial charge in [-0.05, 0) is 48.1 Å². The Morgan fingerprint density at radius 3 is 2.87 bits per heavy atom. The molecule has 1 amide bonds. The maximum absolute atomic E-state index is 11.7. The Balaban J connectivity index is 2.46. The largest absolute Gasteiger partial charge is 0.320 e. The highest BCUT2D eigenvalue weighted by atomic mass is 79.9. The van der Waals surface area contributed by atoms with Crippen molar-refractivity contribution in [3.63, 3.8) is 0 Å². The molecule has 0 saturated carbocycles. The normalized spacial score (nSPS) is 10.3. The topological polar surface area (TPSA) is 32.3 Å². The number of thiophene rings is 1. The van der Waals surface area contributed by atoms with Gasteiger partial charge in [-0.2, -0.15) is 0 Å². The fourth-order valence-electron chi connectivity index (χ4n) is 1.19. The molecule has 0 spiro atoms. The molecule has 1 N–H and O–H groups in total. The molecule has 0 aliphatic rings. The van der Waals surface area contributed by atoms with E-state index in [-0.39, 0.29) is 5.91 Å². The lowest BCUT2D eigenvalue weighted by Gasteiger charge is -2.14. The van der Waals surface area contributed by atoms with Gasteiger partial charge in [-0.3, -0.25) is 4.79 Å². The zero-order valence-corrected chi connectivity index (χ0v) is 11.3. The second kappa shape index (κ2) is 6.25. The van der Waals surface area contributed by atoms with Gasteiger partial charge in [0.15, 0.2) is 0 Å². The zero-order chi connectivity index (χ0) is 11.3. The van der Waals surface area contributed by atoms with E-state index in [1.807, 2.05) is 26.2 Å². The minimum atomic E-state index is 0.166. The zero-order valence-electron chi connectivity index (χ0n) is 8.92. The van der Waals surface area contributed by atoms with Crippen molar-refractivity contribution in [2.45, 2.75) is 12.8 Å². The van der Waals surface area contributed by atoms with Crippen LogP contribution in [0.5, 0.6) is 0 Å². The van der Waals surface area contributed by atoms with E-state index in [1.165, 1.54) is 0 Å². The average molecular weight is 291 g/mol. The van der Waals surface area contributed by atoms with Gasteiger partial charge in [0.25, 0.3) is 0 Å². The third-order valence-corrected chi connectivity index (χ3v) is 3.78. The van der Waals surface area contributed by atoms with Crippen molar-refractivity contribution in [3.8, 4) is 0 Å². The Bertz CT molecular complexity index is 327. The molecule has 5 heteroatoms. The molecule has 0 aromatic carbocycles. The summed E-state index contributed by atoms with van der Waals surface area (Å²) in [4.78, 5) is 13.4. The minimum Gasteiger partial charge on any atom is -0.320 e. The van der Waals surface area contributed by atoms with Crippen molar-refractivity contribution in [1.29, 1.82) is 0 Å². The molecule has 0 unspecified atom stereocenters. The molecule has 0 radical (unpaired) electrons. The Morgan fingerprint density at radius 1 is 1.60 bits per heavy atom. The molecule has 0 aliphatic heterocycles. The van der Waals surface area contributed by atoms with E-state index >= 15 is 0 Å². The second-order valence-corrected chi connectivity index (χ2v) is 5.68. The number of amides is 1. The van der Waals surface area contributed by atoms with Crippen LogP contribution in [-0.4, -0.2) is 26.5 Å². The number of carbonyl (C=O) groups is 1. The highest BCUT2D eigenvalue weighted by Gasteiger charge is 2.11. The van der Waals surface area contributed by atoms with Crippen molar-refractivity contribution < 1.29 is 4.79 Å². The molecule has 84 valence electrons. The molecule has 1 aromatic heterocycles. The lowest BCUT2D eigenvalue weighted by atomic mass is 10.3. The van der Waals surface area contributed by atoms with Crippen LogP contribution in [0.4, 0.5) is 5.00 Å². The number of hydrogen-bond acceptors (Lipinski definition) is 3. The molecule has 1 heterocycles. The van der Waals surface area contributed by atoms with Gasteiger partial charge in [-0.25, -0.2) is 0 Å². The summed E-state index contributed by atoms with van der Waals surface area (Å²) in [5.41, 5.74) is 0. The van der Waals surface area contributed by atoms with E-state index in [1.54, 1.807) is 16.2 Å². The number of rotatable bonds is 5. The molecule has 0 bridgehead atoms. The van der Waals surface area contributed by atoms with Crippen molar-refractivity contribution in [2.75, 3.05) is 25.5 Å². The van der Waals surface area contributed by atoms with Crippen LogP contribution in [-0.2, 0) is 4.79 Å². The first-order valence-corrected chi connectivity index (χ1v) is 6.42. The third-order valence-electron chi connectivity index (χ3n) is 2.08. The molecular weight excluding hydrogens is 276 g/mol. The standard InChI is InChI=1S/C10H15BrN2OS/c1-12-7-3-4-9(14)13(2)10-6-5-8(11)15-10/h5-6,12H,3-4,7H2,1-2H3. The van der Waals surface area contributed by atoms with Crippen molar-refractivity contribution in [3.05, 3.63) is 15.9 Å². The number of halogens is 1. The number of nitrogens with one attached hydrogen (secondary N) is 1. The van der Waals surface area contributed by atoms with E-state index < -0.39 is 0 Å². The quantitative estimate of drug-likeness (QED) is 0.845. The van der Waals surface area contributed by atoms with Crippen LogP contribution in [0.1, 0.15) is 12.8 Å². The van der Waals surface area contributed by atoms with Crippen LogP contribution < -0.4 is 10.2 Å². The monoisotopic (exact) mass is 290 g/mol. The Labute approximate surface area is 103 Å². The Hall–Kier alpha value is -0.390. The van der Waals surface area contributed by atoms with Crippen LogP contribution in [0.3, 0.4) is 0 Å². The lowest BCUT2D eigenvalue weighted by molar-refractivity contribution is -0.118. The Kier molecular flexibility index (Phi) is 5.28. The van der Waals surface area contributed by atoms with Gasteiger partial charge in [0.05, 0.1) is 8.79 Å². The summed E-state index contributed by atoms with van der Waals surface area (Å²) in [6, 6.07) is 3.90. The first kappa shape index (κ1) is 12.7. The van der Waals surface area contributed by atoms with Gasteiger partial charge in [0.2, 0.25) is 5.91 Å². The van der Waals surface area contributed by atoms with E-state index in [0.717, 1.165) is 21.8 Å². The molecule has 3 nitrogen and oxygen atoms in total. The van der Waals surface area contributed by atoms with Gasteiger partial charge >= 0.3 is 0 Å². The second-order valence-electron chi connectivity index (χ2n) is 3.24. The van der Waals surface area contributed by atoms with Gasteiger partial charge in [-0.1, -0.05) is 0 Å². The van der Waals surface area contributed by atoms with Gasteiger partial charge in [0.1, 0.15) is 0 Å². The average Bonchev–Trinajstić information content (AvgIpc) is 2.64. The fraction of sp³-hybridized carbons (Fsp3) is 0.500. The SMILES string of the molecule is CNCCCC(=O)N(C)c1ccc(Br)s1. The minimum absolute atomic E-state index is 0.166. The van der Waals surface area contributed by atoms with E-state index in [4.69, 9.17) is 0 Å². The summed E-state index contributed by atoms with van der Waals surface area (Å²) >= 11 is 4.95. The predicted molar refractivity (Wildman–Crippen MR) is 68.6 cm³/mol. The van der Waals surface area contributed by atoms with E-state index in [2.05, 4.69) is 21.2 Å². The predicted octanol–water partition coefficient (Wildman–Crippen LogP) is 2.47. The van der Waals surface area contributed by atoms with Crippen LogP contribution in [0.2, 0.25) is 0 Å². The smallest absolute Gasteiger partial charge is 0.227 e. The summed E-state index contributed by atoms with van der Waals surface area (Å²) < 4.78 is 1.05. The molecule has 0 aliphatic carbocycles. The van der Waals surface area contributed by atoms with Crippen molar-refractivity contribution in [1.82, 2.24) is 5.32 Å². The molecule has 1 aromatic rings. The molecule has 15 heavy (non-hydrogen) atoms. The van der Waals surface area contributed by atoms with Crippen molar-refractivity contribution >= 4 is 38.2 Å². The molecule has 0 fully saturated rings. The molecule has 0 saturated heterocycles. The van der Waals surface area contributed by atoms with E-state index in [9.17, 15) is 4.79 Å². The summed E-state index contributed by atoms with van der Waals surface area (Å²) in [5, 5.41) is 4.01. The number of anilines is 1. The van der Waals surface area contributed by atoms with Crippen LogP contribution in [0.15, 0.2) is 15.9 Å². The maximum Gasteiger partial charge on any atom is 0.227 e. The fourth-order valence-corrected chi connectivity index (χ4v) is 2.53. The summed E-state index contributed by atoms with van der Waals surface area (Å²) in [7, 11) is 3.71. The van der Waals surface area contributed by atoms with Gasteiger partial charge in [0, 0.05) is 13.5 Å². The number of carbonyl (C=O) groups excluding carboxylic acids is 1. The summed E-state index contributed by atoms with van der Waals surface area (Å²) in [6.45, 7) is 0.883. The van der Waals surface area contributed by atoms with Gasteiger partial charge in [-0.15, -0.1) is 11.3 Å². The highest BCUT2D eigenvalue weighted by Crippen LogP contribution is 2.29. The third kappa shape index (κ3) is 3.93. The van der Waals surface area contributed by atoms with Crippen LogP contribution in [0, 0.1) is 0 Å². The maximum atomic E-state index is 11.7. The Morgan fingerprint density at radius 2 is 2.33 bits per heavy atom. The summed E-state index contributed by atoms with van der Waals surface area (Å²) in [5.74, 6) is 0.166. The molecule has 0 atom stereocenters. The first-order chi connectivity index (χ1) is 7.15. The molecule has 1 rings (SSSR count). The van der Waals surface area contributed by atoms with Crippen molar-refractivity contribution in [2.24, 2.45) is 0 Å². The number of nitrogens with zero attached hydrogens (tertiary/aromatic N) is 1. The van der Waals surface area contributed by atoms with Gasteiger partial charge < -0.3 is 10.2 Å². The highest BCUT2D eigenvalue weighted by molar-refractivity contribution is 9.11. The lowest BCUT2D eigenvalue weighted by Crippen LogP contribution is -2.25. The number of hydrogen-bond donors (Lipinski definition) is 1.